The van der Waals surface area contributed by atoms with Crippen LogP contribution in [0, 0.1) is 0 Å². The fourth-order valence-corrected chi connectivity index (χ4v) is 4.16. The number of oxazole rings is 1. The maximum absolute atomic E-state index is 11.8. The van der Waals surface area contributed by atoms with Crippen LogP contribution in [-0.2, 0) is 16.3 Å². The summed E-state index contributed by atoms with van der Waals surface area (Å²) in [4.78, 5) is 5.13. The molecular formula is C23H23NO3S. The molecule has 2 aromatic carbocycles. The molecule has 4 rings (SSSR count). The Morgan fingerprint density at radius 1 is 1.00 bits per heavy atom. The molecule has 0 saturated heterocycles. The summed E-state index contributed by atoms with van der Waals surface area (Å²) >= 11 is 0. The summed E-state index contributed by atoms with van der Waals surface area (Å²) in [6, 6.07) is 17.0. The highest BCUT2D eigenvalue weighted by molar-refractivity contribution is 7.90. The van der Waals surface area contributed by atoms with Crippen molar-refractivity contribution in [2.24, 2.45) is 0 Å². The highest BCUT2D eigenvalue weighted by Crippen LogP contribution is 2.35. The SMILES string of the molecule is CS(=O)(=O)c1ccc(-c2oc(Cc3ccccc3)nc2C2=CCCCC2)cc1. The lowest BCUT2D eigenvalue weighted by Crippen LogP contribution is -1.97. The number of rotatable bonds is 5. The van der Waals surface area contributed by atoms with E-state index in [1.807, 2.05) is 18.2 Å². The Morgan fingerprint density at radius 2 is 1.75 bits per heavy atom. The second-order valence-electron chi connectivity index (χ2n) is 7.22. The normalized spacial score (nSPS) is 14.7. The van der Waals surface area contributed by atoms with Gasteiger partial charge in [0.1, 0.15) is 5.69 Å². The van der Waals surface area contributed by atoms with E-state index < -0.39 is 9.84 Å². The third-order valence-corrected chi connectivity index (χ3v) is 6.14. The first-order valence-electron chi connectivity index (χ1n) is 9.54. The van der Waals surface area contributed by atoms with Crippen molar-refractivity contribution in [3.05, 3.63) is 77.8 Å². The van der Waals surface area contributed by atoms with Crippen LogP contribution in [0.25, 0.3) is 16.9 Å². The summed E-state index contributed by atoms with van der Waals surface area (Å²) in [6.45, 7) is 0. The van der Waals surface area contributed by atoms with Crippen LogP contribution in [0.1, 0.15) is 42.8 Å². The molecule has 0 atom stereocenters. The van der Waals surface area contributed by atoms with Gasteiger partial charge in [-0.3, -0.25) is 0 Å². The zero-order valence-electron chi connectivity index (χ0n) is 15.9. The third-order valence-electron chi connectivity index (χ3n) is 5.01. The Morgan fingerprint density at radius 3 is 2.39 bits per heavy atom. The van der Waals surface area contributed by atoms with Crippen molar-refractivity contribution >= 4 is 15.4 Å². The molecule has 0 aliphatic heterocycles. The highest BCUT2D eigenvalue weighted by atomic mass is 32.2. The van der Waals surface area contributed by atoms with E-state index in [0.717, 1.165) is 41.8 Å². The van der Waals surface area contributed by atoms with Crippen LogP contribution >= 0.6 is 0 Å². The van der Waals surface area contributed by atoms with Crippen molar-refractivity contribution in [3.8, 4) is 11.3 Å². The molecule has 144 valence electrons. The average molecular weight is 394 g/mol. The van der Waals surface area contributed by atoms with Crippen LogP contribution in [0.2, 0.25) is 0 Å². The third kappa shape index (κ3) is 4.09. The van der Waals surface area contributed by atoms with Gasteiger partial charge < -0.3 is 4.42 Å². The molecule has 4 nitrogen and oxygen atoms in total. The zero-order valence-corrected chi connectivity index (χ0v) is 16.7. The lowest BCUT2D eigenvalue weighted by Gasteiger charge is -2.11. The molecule has 0 radical (unpaired) electrons. The van der Waals surface area contributed by atoms with Gasteiger partial charge in [-0.1, -0.05) is 36.4 Å². The highest BCUT2D eigenvalue weighted by Gasteiger charge is 2.20. The van der Waals surface area contributed by atoms with Crippen molar-refractivity contribution < 1.29 is 12.8 Å². The molecule has 0 N–H and O–H groups in total. The standard InChI is InChI=1S/C23H23NO3S/c1-28(25,26)20-14-12-19(13-15-20)23-22(18-10-6-3-7-11-18)24-21(27-23)16-17-8-4-2-5-9-17/h2,4-5,8-10,12-15H,3,6-7,11,16H2,1H3. The maximum atomic E-state index is 11.8. The Balaban J connectivity index is 1.75. The van der Waals surface area contributed by atoms with Crippen molar-refractivity contribution in [1.82, 2.24) is 4.98 Å². The molecular weight excluding hydrogens is 370 g/mol. The number of sulfone groups is 1. The monoisotopic (exact) mass is 393 g/mol. The Labute approximate surface area is 165 Å². The molecule has 0 unspecified atom stereocenters. The van der Waals surface area contributed by atoms with E-state index in [-0.39, 0.29) is 0 Å². The fourth-order valence-electron chi connectivity index (χ4n) is 3.53. The van der Waals surface area contributed by atoms with Crippen LogP contribution in [-0.4, -0.2) is 19.7 Å². The van der Waals surface area contributed by atoms with Crippen molar-refractivity contribution in [2.75, 3.05) is 6.26 Å². The molecule has 3 aromatic rings. The smallest absolute Gasteiger partial charge is 0.199 e. The predicted octanol–water partition coefficient (Wildman–Crippen LogP) is 5.29. The van der Waals surface area contributed by atoms with Crippen LogP contribution in [0.3, 0.4) is 0 Å². The first kappa shape index (κ1) is 18.7. The van der Waals surface area contributed by atoms with Gasteiger partial charge in [-0.15, -0.1) is 0 Å². The molecule has 0 spiro atoms. The Kier molecular flexibility index (Phi) is 5.18. The number of aromatic nitrogens is 1. The summed E-state index contributed by atoms with van der Waals surface area (Å²) in [7, 11) is -3.23. The summed E-state index contributed by atoms with van der Waals surface area (Å²) in [6.07, 6.45) is 8.50. The minimum atomic E-state index is -3.23. The lowest BCUT2D eigenvalue weighted by atomic mass is 9.95. The van der Waals surface area contributed by atoms with Gasteiger partial charge in [0, 0.05) is 18.2 Å². The number of benzene rings is 2. The predicted molar refractivity (Wildman–Crippen MR) is 111 cm³/mol. The summed E-state index contributed by atoms with van der Waals surface area (Å²) in [5.41, 5.74) is 4.10. The summed E-state index contributed by atoms with van der Waals surface area (Å²) in [5.74, 6) is 1.40. The summed E-state index contributed by atoms with van der Waals surface area (Å²) < 4.78 is 29.7. The van der Waals surface area contributed by atoms with Gasteiger partial charge in [-0.05, 0) is 61.1 Å². The van der Waals surface area contributed by atoms with Crippen molar-refractivity contribution in [3.63, 3.8) is 0 Å². The van der Waals surface area contributed by atoms with Crippen LogP contribution in [0.4, 0.5) is 0 Å². The van der Waals surface area contributed by atoms with E-state index in [1.54, 1.807) is 24.3 Å². The minimum Gasteiger partial charge on any atom is -0.440 e. The van der Waals surface area contributed by atoms with Gasteiger partial charge in [0.25, 0.3) is 0 Å². The van der Waals surface area contributed by atoms with Crippen molar-refractivity contribution in [2.45, 2.75) is 37.0 Å². The second kappa shape index (κ2) is 7.76. The quantitative estimate of drug-likeness (QED) is 0.591. The Bertz CT molecular complexity index is 1090. The van der Waals surface area contributed by atoms with Crippen LogP contribution < -0.4 is 0 Å². The van der Waals surface area contributed by atoms with E-state index in [0.29, 0.717) is 17.2 Å². The minimum absolute atomic E-state index is 0.304. The molecule has 28 heavy (non-hydrogen) atoms. The average Bonchev–Trinajstić information content (AvgIpc) is 3.13. The van der Waals surface area contributed by atoms with Gasteiger partial charge in [-0.2, -0.15) is 0 Å². The number of hydrogen-bond donors (Lipinski definition) is 0. The first-order chi connectivity index (χ1) is 13.5. The molecule has 0 fully saturated rings. The molecule has 1 aliphatic carbocycles. The maximum Gasteiger partial charge on any atom is 0.199 e. The van der Waals surface area contributed by atoms with Gasteiger partial charge >= 0.3 is 0 Å². The van der Waals surface area contributed by atoms with Gasteiger partial charge in [0.15, 0.2) is 21.5 Å². The van der Waals surface area contributed by atoms with E-state index in [4.69, 9.17) is 9.40 Å². The first-order valence-corrected chi connectivity index (χ1v) is 11.4. The zero-order chi connectivity index (χ0) is 19.6. The van der Waals surface area contributed by atoms with E-state index in [2.05, 4.69) is 18.2 Å². The second-order valence-corrected chi connectivity index (χ2v) is 9.24. The topological polar surface area (TPSA) is 60.2 Å². The van der Waals surface area contributed by atoms with E-state index in [9.17, 15) is 8.42 Å². The van der Waals surface area contributed by atoms with E-state index >= 15 is 0 Å². The fraction of sp³-hybridized carbons (Fsp3) is 0.261. The Hall–Kier alpha value is -2.66. The number of allylic oxidation sites excluding steroid dienone is 2. The number of nitrogens with zero attached hydrogens (tertiary/aromatic N) is 1. The molecule has 0 amide bonds. The molecule has 1 aliphatic rings. The van der Waals surface area contributed by atoms with Gasteiger partial charge in [-0.25, -0.2) is 13.4 Å². The molecule has 1 heterocycles. The largest absolute Gasteiger partial charge is 0.440 e. The van der Waals surface area contributed by atoms with Crippen LogP contribution in [0.5, 0.6) is 0 Å². The molecule has 0 bridgehead atoms. The molecule has 1 aromatic heterocycles. The summed E-state index contributed by atoms with van der Waals surface area (Å²) in [5, 5.41) is 0. The van der Waals surface area contributed by atoms with Gasteiger partial charge in [0.2, 0.25) is 0 Å². The molecule has 0 saturated carbocycles. The van der Waals surface area contributed by atoms with E-state index in [1.165, 1.54) is 18.2 Å². The van der Waals surface area contributed by atoms with Crippen molar-refractivity contribution in [1.29, 1.82) is 0 Å². The van der Waals surface area contributed by atoms with Crippen LogP contribution in [0.15, 0.2) is 70.0 Å². The number of hydrogen-bond acceptors (Lipinski definition) is 4. The van der Waals surface area contributed by atoms with Gasteiger partial charge in [0.05, 0.1) is 4.90 Å². The molecule has 5 heteroatoms. The lowest BCUT2D eigenvalue weighted by molar-refractivity contribution is 0.519.